The van der Waals surface area contributed by atoms with Crippen LogP contribution in [0.25, 0.3) is 0 Å². The number of carbonyl (C=O) groups is 1. The zero-order valence-electron chi connectivity index (χ0n) is 8.68. The fourth-order valence-electron chi connectivity index (χ4n) is 1.60. The standard InChI is InChI=1S/C11H20O2/c1-4-7-8-9-11(5-2,6-3)10(12)13/h4H,1,5-9H2,2-3H3,(H,12,13). The zero-order valence-corrected chi connectivity index (χ0v) is 8.68. The highest BCUT2D eigenvalue weighted by Gasteiger charge is 2.33. The Hall–Kier alpha value is -0.790. The molecule has 2 heteroatoms. The van der Waals surface area contributed by atoms with Crippen LogP contribution in [0.4, 0.5) is 0 Å². The van der Waals surface area contributed by atoms with Gasteiger partial charge in [-0.25, -0.2) is 0 Å². The van der Waals surface area contributed by atoms with Crippen molar-refractivity contribution in [3.05, 3.63) is 12.7 Å². The van der Waals surface area contributed by atoms with E-state index in [2.05, 4.69) is 6.58 Å². The van der Waals surface area contributed by atoms with Crippen molar-refractivity contribution in [1.82, 2.24) is 0 Å². The van der Waals surface area contributed by atoms with Crippen molar-refractivity contribution >= 4 is 5.97 Å². The highest BCUT2D eigenvalue weighted by molar-refractivity contribution is 5.74. The van der Waals surface area contributed by atoms with Crippen LogP contribution in [-0.4, -0.2) is 11.1 Å². The summed E-state index contributed by atoms with van der Waals surface area (Å²) >= 11 is 0. The van der Waals surface area contributed by atoms with Crippen LogP contribution >= 0.6 is 0 Å². The van der Waals surface area contributed by atoms with Crippen molar-refractivity contribution in [2.45, 2.75) is 46.0 Å². The summed E-state index contributed by atoms with van der Waals surface area (Å²) in [7, 11) is 0. The molecule has 0 bridgehead atoms. The van der Waals surface area contributed by atoms with Crippen molar-refractivity contribution in [2.75, 3.05) is 0 Å². The molecule has 0 spiro atoms. The Morgan fingerprint density at radius 2 is 2.00 bits per heavy atom. The van der Waals surface area contributed by atoms with Gasteiger partial charge in [0.1, 0.15) is 0 Å². The molecule has 0 saturated carbocycles. The number of hydrogen-bond acceptors (Lipinski definition) is 1. The summed E-state index contributed by atoms with van der Waals surface area (Å²) in [5.74, 6) is -0.651. The van der Waals surface area contributed by atoms with Crippen LogP contribution in [0.5, 0.6) is 0 Å². The topological polar surface area (TPSA) is 37.3 Å². The summed E-state index contributed by atoms with van der Waals surface area (Å²) in [5, 5.41) is 9.10. The van der Waals surface area contributed by atoms with Crippen molar-refractivity contribution in [3.63, 3.8) is 0 Å². The van der Waals surface area contributed by atoms with Gasteiger partial charge in [-0.3, -0.25) is 4.79 Å². The molecule has 2 nitrogen and oxygen atoms in total. The van der Waals surface area contributed by atoms with Gasteiger partial charge in [-0.05, 0) is 32.1 Å². The minimum atomic E-state index is -0.651. The van der Waals surface area contributed by atoms with Crippen LogP contribution in [0, 0.1) is 5.41 Å². The van der Waals surface area contributed by atoms with Crippen LogP contribution in [0.3, 0.4) is 0 Å². The Morgan fingerprint density at radius 3 is 2.31 bits per heavy atom. The minimum absolute atomic E-state index is 0.497. The average Bonchev–Trinajstić information content (AvgIpc) is 2.13. The zero-order chi connectivity index (χ0) is 10.3. The molecule has 76 valence electrons. The molecule has 0 amide bonds. The monoisotopic (exact) mass is 184 g/mol. The van der Waals surface area contributed by atoms with Crippen molar-refractivity contribution < 1.29 is 9.90 Å². The third kappa shape index (κ3) is 3.21. The first-order chi connectivity index (χ1) is 6.13. The maximum Gasteiger partial charge on any atom is 0.309 e. The predicted octanol–water partition coefficient (Wildman–Crippen LogP) is 3.23. The van der Waals surface area contributed by atoms with E-state index in [1.54, 1.807) is 0 Å². The predicted molar refractivity (Wildman–Crippen MR) is 54.7 cm³/mol. The van der Waals surface area contributed by atoms with Gasteiger partial charge in [0, 0.05) is 0 Å². The van der Waals surface area contributed by atoms with E-state index in [0.717, 1.165) is 32.1 Å². The first-order valence-electron chi connectivity index (χ1n) is 4.97. The summed E-state index contributed by atoms with van der Waals surface area (Å²) in [4.78, 5) is 11.1. The largest absolute Gasteiger partial charge is 0.481 e. The first-order valence-corrected chi connectivity index (χ1v) is 4.97. The summed E-state index contributed by atoms with van der Waals surface area (Å²) in [6.45, 7) is 7.53. The molecule has 0 aliphatic heterocycles. The number of rotatable bonds is 7. The quantitative estimate of drug-likeness (QED) is 0.487. The van der Waals surface area contributed by atoms with E-state index in [4.69, 9.17) is 5.11 Å². The molecule has 0 radical (unpaired) electrons. The number of carboxylic acid groups (broad SMARTS) is 1. The Kier molecular flexibility index (Phi) is 5.44. The second-order valence-electron chi connectivity index (χ2n) is 3.47. The SMILES string of the molecule is C=CCCCC(CC)(CC)C(=O)O. The molecule has 0 unspecified atom stereocenters. The van der Waals surface area contributed by atoms with E-state index in [1.807, 2.05) is 19.9 Å². The van der Waals surface area contributed by atoms with Crippen LogP contribution in [0.2, 0.25) is 0 Å². The third-order valence-corrected chi connectivity index (χ3v) is 2.87. The number of aliphatic carboxylic acids is 1. The van der Waals surface area contributed by atoms with E-state index < -0.39 is 11.4 Å². The summed E-state index contributed by atoms with van der Waals surface area (Å²) in [6, 6.07) is 0. The summed E-state index contributed by atoms with van der Waals surface area (Å²) < 4.78 is 0. The van der Waals surface area contributed by atoms with Crippen LogP contribution in [0.1, 0.15) is 46.0 Å². The van der Waals surface area contributed by atoms with E-state index >= 15 is 0 Å². The van der Waals surface area contributed by atoms with E-state index in [0.29, 0.717) is 0 Å². The van der Waals surface area contributed by atoms with Crippen molar-refractivity contribution in [2.24, 2.45) is 5.41 Å². The lowest BCUT2D eigenvalue weighted by Gasteiger charge is -2.26. The van der Waals surface area contributed by atoms with Crippen LogP contribution in [0.15, 0.2) is 12.7 Å². The highest BCUT2D eigenvalue weighted by atomic mass is 16.4. The number of hydrogen-bond donors (Lipinski definition) is 1. The molecule has 0 aromatic rings. The molecule has 13 heavy (non-hydrogen) atoms. The van der Waals surface area contributed by atoms with Gasteiger partial charge < -0.3 is 5.11 Å². The number of unbranched alkanes of at least 4 members (excludes halogenated alkanes) is 1. The maximum absolute atomic E-state index is 11.1. The van der Waals surface area contributed by atoms with E-state index in [1.165, 1.54) is 0 Å². The van der Waals surface area contributed by atoms with E-state index in [-0.39, 0.29) is 0 Å². The van der Waals surface area contributed by atoms with Gasteiger partial charge >= 0.3 is 5.97 Å². The summed E-state index contributed by atoms with van der Waals surface area (Å²) in [6.07, 6.45) is 5.89. The van der Waals surface area contributed by atoms with Gasteiger partial charge in [-0.1, -0.05) is 19.9 Å². The fraction of sp³-hybridized carbons (Fsp3) is 0.727. The second kappa shape index (κ2) is 5.79. The van der Waals surface area contributed by atoms with Gasteiger partial charge in [-0.2, -0.15) is 0 Å². The maximum atomic E-state index is 11.1. The molecule has 0 aliphatic carbocycles. The molecule has 0 rings (SSSR count). The van der Waals surface area contributed by atoms with Gasteiger partial charge in [0.25, 0.3) is 0 Å². The molecular formula is C11H20O2. The smallest absolute Gasteiger partial charge is 0.309 e. The van der Waals surface area contributed by atoms with E-state index in [9.17, 15) is 4.79 Å². The van der Waals surface area contributed by atoms with Gasteiger partial charge in [0.15, 0.2) is 0 Å². The molecule has 1 N–H and O–H groups in total. The third-order valence-electron chi connectivity index (χ3n) is 2.87. The lowest BCUT2D eigenvalue weighted by atomic mass is 9.78. The van der Waals surface area contributed by atoms with Crippen LogP contribution < -0.4 is 0 Å². The van der Waals surface area contributed by atoms with Gasteiger partial charge in [-0.15, -0.1) is 6.58 Å². The Bertz CT molecular complexity index is 169. The molecular weight excluding hydrogens is 164 g/mol. The summed E-state index contributed by atoms with van der Waals surface area (Å²) in [5.41, 5.74) is -0.497. The van der Waals surface area contributed by atoms with Gasteiger partial charge in [0.05, 0.1) is 5.41 Å². The number of carboxylic acids is 1. The van der Waals surface area contributed by atoms with Crippen molar-refractivity contribution in [1.29, 1.82) is 0 Å². The van der Waals surface area contributed by atoms with Crippen molar-refractivity contribution in [3.8, 4) is 0 Å². The highest BCUT2D eigenvalue weighted by Crippen LogP contribution is 2.32. The lowest BCUT2D eigenvalue weighted by Crippen LogP contribution is -2.29. The Morgan fingerprint density at radius 1 is 1.46 bits per heavy atom. The molecule has 0 fully saturated rings. The first kappa shape index (κ1) is 12.2. The Labute approximate surface area is 80.7 Å². The van der Waals surface area contributed by atoms with Crippen LogP contribution in [-0.2, 0) is 4.79 Å². The normalized spacial score (nSPS) is 11.2. The molecule has 0 heterocycles. The molecule has 0 aromatic heterocycles. The molecule has 0 aromatic carbocycles. The lowest BCUT2D eigenvalue weighted by molar-refractivity contribution is -0.150. The molecule has 0 aliphatic rings. The van der Waals surface area contributed by atoms with Gasteiger partial charge in [0.2, 0.25) is 0 Å². The number of allylic oxidation sites excluding steroid dienone is 1. The molecule has 0 saturated heterocycles. The second-order valence-corrected chi connectivity index (χ2v) is 3.47. The average molecular weight is 184 g/mol. The molecule has 0 atom stereocenters. The fourth-order valence-corrected chi connectivity index (χ4v) is 1.60. The Balaban J connectivity index is 4.21. The minimum Gasteiger partial charge on any atom is -0.481 e.